The predicted octanol–water partition coefficient (Wildman–Crippen LogP) is 0.623. The highest BCUT2D eigenvalue weighted by Gasteiger charge is 2.12. The number of methoxy groups -OCH3 is 1. The largest absolute Gasteiger partial charge is 0.507 e. The van der Waals surface area contributed by atoms with Crippen LogP contribution < -0.4 is 4.74 Å². The average Bonchev–Trinajstić information content (AvgIpc) is 2.21. The molecule has 1 aromatic rings. The first-order chi connectivity index (χ1) is 7.93. The van der Waals surface area contributed by atoms with Crippen LogP contribution in [0.3, 0.4) is 0 Å². The maximum atomic E-state index is 10.5. The van der Waals surface area contributed by atoms with Crippen LogP contribution in [0.2, 0.25) is 0 Å². The van der Waals surface area contributed by atoms with Crippen molar-refractivity contribution in [3.63, 3.8) is 0 Å². The molecule has 0 saturated carbocycles. The smallest absolute Gasteiger partial charge is 0.317 e. The van der Waals surface area contributed by atoms with Crippen LogP contribution in [0.5, 0.6) is 17.2 Å². The molecule has 0 unspecified atom stereocenters. The number of carboxylic acids is 1. The molecule has 94 valence electrons. The monoisotopic (exact) mass is 241 g/mol. The van der Waals surface area contributed by atoms with E-state index in [2.05, 4.69) is 0 Å². The standard InChI is InChI=1S/C11H15NO5/c1-12(6-11(15)16)5-7-3-9(14)10(17-2)4-8(7)13/h3-4,13-14H,5-6H2,1-2H3,(H,15,16). The molecule has 0 radical (unpaired) electrons. The number of likely N-dealkylation sites (N-methyl/N-ethyl adjacent to an activating group) is 1. The van der Waals surface area contributed by atoms with Gasteiger partial charge in [0.25, 0.3) is 0 Å². The van der Waals surface area contributed by atoms with E-state index in [0.29, 0.717) is 5.56 Å². The molecule has 0 aromatic heterocycles. The number of aromatic hydroxyl groups is 2. The van der Waals surface area contributed by atoms with Crippen LogP contribution in [0.15, 0.2) is 12.1 Å². The van der Waals surface area contributed by atoms with Crippen molar-refractivity contribution in [2.45, 2.75) is 6.54 Å². The van der Waals surface area contributed by atoms with E-state index in [-0.39, 0.29) is 30.3 Å². The van der Waals surface area contributed by atoms with Crippen LogP contribution in [-0.2, 0) is 11.3 Å². The van der Waals surface area contributed by atoms with Crippen LogP contribution in [-0.4, -0.2) is 46.9 Å². The number of hydrogen-bond acceptors (Lipinski definition) is 5. The quantitative estimate of drug-likeness (QED) is 0.655. The molecule has 0 aliphatic heterocycles. The van der Waals surface area contributed by atoms with Gasteiger partial charge < -0.3 is 20.1 Å². The molecule has 3 N–H and O–H groups in total. The summed E-state index contributed by atoms with van der Waals surface area (Å²) in [7, 11) is 2.99. The summed E-state index contributed by atoms with van der Waals surface area (Å²) < 4.78 is 4.83. The predicted molar refractivity (Wildman–Crippen MR) is 60.3 cm³/mol. The van der Waals surface area contributed by atoms with Gasteiger partial charge in [-0.15, -0.1) is 0 Å². The molecule has 6 heteroatoms. The highest BCUT2D eigenvalue weighted by molar-refractivity contribution is 5.69. The third kappa shape index (κ3) is 3.53. The minimum Gasteiger partial charge on any atom is -0.507 e. The van der Waals surface area contributed by atoms with Gasteiger partial charge in [0.2, 0.25) is 0 Å². The van der Waals surface area contributed by atoms with Crippen molar-refractivity contribution < 1.29 is 24.9 Å². The van der Waals surface area contributed by atoms with Gasteiger partial charge in [-0.3, -0.25) is 9.69 Å². The molecule has 0 heterocycles. The zero-order chi connectivity index (χ0) is 13.0. The number of benzene rings is 1. The summed E-state index contributed by atoms with van der Waals surface area (Å²) in [5.41, 5.74) is 0.437. The SMILES string of the molecule is COc1cc(O)c(CN(C)CC(=O)O)cc1O. The van der Waals surface area contributed by atoms with Gasteiger partial charge in [0.05, 0.1) is 13.7 Å². The topological polar surface area (TPSA) is 90.2 Å². The summed E-state index contributed by atoms with van der Waals surface area (Å²) >= 11 is 0. The fourth-order valence-corrected chi connectivity index (χ4v) is 1.47. The van der Waals surface area contributed by atoms with Gasteiger partial charge in [0.1, 0.15) is 5.75 Å². The lowest BCUT2D eigenvalue weighted by molar-refractivity contribution is -0.138. The molecule has 17 heavy (non-hydrogen) atoms. The number of rotatable bonds is 5. The highest BCUT2D eigenvalue weighted by atomic mass is 16.5. The van der Waals surface area contributed by atoms with E-state index < -0.39 is 5.97 Å². The summed E-state index contributed by atoms with van der Waals surface area (Å²) in [5.74, 6) is -0.919. The van der Waals surface area contributed by atoms with E-state index in [9.17, 15) is 15.0 Å². The van der Waals surface area contributed by atoms with Crippen molar-refractivity contribution in [1.82, 2.24) is 4.90 Å². The number of carboxylic acid groups (broad SMARTS) is 1. The third-order valence-corrected chi connectivity index (χ3v) is 2.23. The Morgan fingerprint density at radius 3 is 2.53 bits per heavy atom. The number of nitrogens with zero attached hydrogens (tertiary/aromatic N) is 1. The van der Waals surface area contributed by atoms with E-state index in [0.717, 1.165) is 0 Å². The molecule has 0 amide bonds. The summed E-state index contributed by atoms with van der Waals surface area (Å²) in [6, 6.07) is 2.64. The van der Waals surface area contributed by atoms with E-state index in [1.807, 2.05) is 0 Å². The Morgan fingerprint density at radius 2 is 2.00 bits per heavy atom. The molecule has 0 aliphatic rings. The van der Waals surface area contributed by atoms with Crippen molar-refractivity contribution in [2.75, 3.05) is 20.7 Å². The van der Waals surface area contributed by atoms with Gasteiger partial charge in [-0.2, -0.15) is 0 Å². The van der Waals surface area contributed by atoms with E-state index in [4.69, 9.17) is 9.84 Å². The summed E-state index contributed by atoms with van der Waals surface area (Å²) in [4.78, 5) is 12.0. The van der Waals surface area contributed by atoms with Crippen molar-refractivity contribution in [2.24, 2.45) is 0 Å². The van der Waals surface area contributed by atoms with E-state index in [1.54, 1.807) is 7.05 Å². The molecule has 1 rings (SSSR count). The Balaban J connectivity index is 2.84. The first-order valence-corrected chi connectivity index (χ1v) is 4.93. The molecular weight excluding hydrogens is 226 g/mol. The third-order valence-electron chi connectivity index (χ3n) is 2.23. The fourth-order valence-electron chi connectivity index (χ4n) is 1.47. The van der Waals surface area contributed by atoms with Gasteiger partial charge in [-0.1, -0.05) is 0 Å². The highest BCUT2D eigenvalue weighted by Crippen LogP contribution is 2.33. The number of hydrogen-bond donors (Lipinski definition) is 3. The summed E-state index contributed by atoms with van der Waals surface area (Å²) in [6.07, 6.45) is 0. The van der Waals surface area contributed by atoms with Crippen molar-refractivity contribution in [3.8, 4) is 17.2 Å². The lowest BCUT2D eigenvalue weighted by Crippen LogP contribution is -2.25. The van der Waals surface area contributed by atoms with E-state index >= 15 is 0 Å². The maximum absolute atomic E-state index is 10.5. The molecular formula is C11H15NO5. The lowest BCUT2D eigenvalue weighted by Gasteiger charge is -2.15. The zero-order valence-corrected chi connectivity index (χ0v) is 9.67. The van der Waals surface area contributed by atoms with Gasteiger partial charge in [-0.05, 0) is 13.1 Å². The molecule has 0 aliphatic carbocycles. The van der Waals surface area contributed by atoms with Crippen molar-refractivity contribution >= 4 is 5.97 Å². The average molecular weight is 241 g/mol. The minimum atomic E-state index is -0.954. The summed E-state index contributed by atoms with van der Waals surface area (Å²) in [6.45, 7) is 0.0713. The van der Waals surface area contributed by atoms with Crippen LogP contribution in [0, 0.1) is 0 Å². The van der Waals surface area contributed by atoms with Crippen LogP contribution in [0.25, 0.3) is 0 Å². The Hall–Kier alpha value is -1.95. The van der Waals surface area contributed by atoms with Crippen LogP contribution in [0.4, 0.5) is 0 Å². The van der Waals surface area contributed by atoms with Gasteiger partial charge >= 0.3 is 5.97 Å². The Kier molecular flexibility index (Phi) is 4.17. The van der Waals surface area contributed by atoms with Gasteiger partial charge in [0, 0.05) is 18.2 Å². The first kappa shape index (κ1) is 13.1. The number of aliphatic carboxylic acids is 1. The molecule has 0 bridgehead atoms. The summed E-state index contributed by atoms with van der Waals surface area (Å²) in [5, 5.41) is 27.8. The maximum Gasteiger partial charge on any atom is 0.317 e. The van der Waals surface area contributed by atoms with Crippen molar-refractivity contribution in [3.05, 3.63) is 17.7 Å². The van der Waals surface area contributed by atoms with Crippen LogP contribution in [0.1, 0.15) is 5.56 Å². The van der Waals surface area contributed by atoms with Gasteiger partial charge in [-0.25, -0.2) is 0 Å². The Bertz CT molecular complexity index is 419. The normalized spacial score (nSPS) is 10.5. The fraction of sp³-hybridized carbons (Fsp3) is 0.364. The van der Waals surface area contributed by atoms with E-state index in [1.165, 1.54) is 24.1 Å². The zero-order valence-electron chi connectivity index (χ0n) is 9.67. The molecule has 6 nitrogen and oxygen atoms in total. The first-order valence-electron chi connectivity index (χ1n) is 4.93. The second-order valence-corrected chi connectivity index (χ2v) is 3.72. The molecule has 0 fully saturated rings. The number of carbonyl (C=O) groups is 1. The van der Waals surface area contributed by atoms with Gasteiger partial charge in [0.15, 0.2) is 11.5 Å². The number of phenols is 2. The molecule has 1 aromatic carbocycles. The number of ether oxygens (including phenoxy) is 1. The Morgan fingerprint density at radius 1 is 1.35 bits per heavy atom. The Labute approximate surface area is 98.7 Å². The second-order valence-electron chi connectivity index (χ2n) is 3.72. The molecule has 0 saturated heterocycles. The minimum absolute atomic E-state index is 0.0445. The molecule has 0 atom stereocenters. The van der Waals surface area contributed by atoms with Crippen LogP contribution >= 0.6 is 0 Å². The molecule has 0 spiro atoms. The van der Waals surface area contributed by atoms with Crippen molar-refractivity contribution in [1.29, 1.82) is 0 Å². The lowest BCUT2D eigenvalue weighted by atomic mass is 10.1. The second kappa shape index (κ2) is 5.40. The number of phenolic OH excluding ortho intramolecular Hbond substituents is 2.